The Morgan fingerprint density at radius 2 is 1.97 bits per heavy atom. The third kappa shape index (κ3) is 3.56. The largest absolute Gasteiger partial charge is 0.337 e. The van der Waals surface area contributed by atoms with Crippen LogP contribution < -0.4 is 0 Å². The minimum absolute atomic E-state index is 0.0464. The Balaban J connectivity index is 1.87. The van der Waals surface area contributed by atoms with Gasteiger partial charge in [0, 0.05) is 36.4 Å². The van der Waals surface area contributed by atoms with Gasteiger partial charge in [-0.15, -0.1) is 0 Å². The fraction of sp³-hybridized carbons (Fsp3) is 0.348. The Labute approximate surface area is 170 Å². The molecule has 3 heterocycles. The summed E-state index contributed by atoms with van der Waals surface area (Å²) in [5.74, 6) is 0.540. The topological polar surface area (TPSA) is 82.8 Å². The Kier molecular flexibility index (Phi) is 4.98. The molecular weight excluding hydrogens is 362 g/mol. The summed E-state index contributed by atoms with van der Waals surface area (Å²) >= 11 is 0. The van der Waals surface area contributed by atoms with Crippen LogP contribution in [0.4, 0.5) is 0 Å². The summed E-state index contributed by atoms with van der Waals surface area (Å²) in [4.78, 5) is 28.7. The zero-order chi connectivity index (χ0) is 20.5. The van der Waals surface area contributed by atoms with Gasteiger partial charge in [-0.2, -0.15) is 5.26 Å². The molecule has 146 valence electrons. The molecule has 1 unspecified atom stereocenters. The van der Waals surface area contributed by atoms with Gasteiger partial charge < -0.3 is 4.90 Å². The van der Waals surface area contributed by atoms with E-state index in [2.05, 4.69) is 16.0 Å². The molecule has 1 atom stereocenters. The second kappa shape index (κ2) is 7.59. The number of nitriles is 1. The number of hydrogen-bond acceptors (Lipinski definition) is 5. The first-order valence-electron chi connectivity index (χ1n) is 9.87. The lowest BCUT2D eigenvalue weighted by molar-refractivity contribution is 0.0701. The summed E-state index contributed by atoms with van der Waals surface area (Å²) in [6, 6.07) is 8.15. The van der Waals surface area contributed by atoms with E-state index in [1.807, 2.05) is 39.0 Å². The van der Waals surface area contributed by atoms with Crippen molar-refractivity contribution in [2.75, 3.05) is 13.1 Å². The van der Waals surface area contributed by atoms with Crippen LogP contribution >= 0.6 is 0 Å². The number of carbonyl (C=O) groups is 1. The molecular formula is C23H23N5O. The maximum atomic E-state index is 13.5. The van der Waals surface area contributed by atoms with Crippen LogP contribution in [-0.4, -0.2) is 38.8 Å². The average molecular weight is 385 g/mol. The standard InChI is InChI=1S/C23H23N5O/c1-14-6-7-19-20(23(29)28-8-4-5-17(10-24)13-28)9-21(27-22(19)15(14)2)18-11-25-16(3)26-12-18/h6-7,9,11-12,17H,4-5,8,13H2,1-3H3. The molecule has 2 aromatic heterocycles. The normalized spacial score (nSPS) is 16.6. The summed E-state index contributed by atoms with van der Waals surface area (Å²) in [5, 5.41) is 10.1. The van der Waals surface area contributed by atoms with Crippen LogP contribution in [0.5, 0.6) is 0 Å². The van der Waals surface area contributed by atoms with Crippen molar-refractivity contribution in [2.24, 2.45) is 5.92 Å². The summed E-state index contributed by atoms with van der Waals surface area (Å²) in [5.41, 5.74) is 5.08. The number of amides is 1. The molecule has 0 radical (unpaired) electrons. The first-order valence-corrected chi connectivity index (χ1v) is 9.87. The van der Waals surface area contributed by atoms with Gasteiger partial charge in [0.1, 0.15) is 5.82 Å². The van der Waals surface area contributed by atoms with E-state index in [4.69, 9.17) is 4.98 Å². The van der Waals surface area contributed by atoms with E-state index >= 15 is 0 Å². The molecule has 6 heteroatoms. The van der Waals surface area contributed by atoms with E-state index in [0.29, 0.717) is 30.2 Å². The number of nitrogens with zero attached hydrogens (tertiary/aromatic N) is 5. The zero-order valence-corrected chi connectivity index (χ0v) is 16.9. The molecule has 1 saturated heterocycles. The van der Waals surface area contributed by atoms with Gasteiger partial charge in [0.15, 0.2) is 0 Å². The predicted molar refractivity (Wildman–Crippen MR) is 111 cm³/mol. The number of fused-ring (bicyclic) bond motifs is 1. The van der Waals surface area contributed by atoms with Crippen molar-refractivity contribution in [3.8, 4) is 17.3 Å². The number of likely N-dealkylation sites (tertiary alicyclic amines) is 1. The van der Waals surface area contributed by atoms with Gasteiger partial charge >= 0.3 is 0 Å². The second-order valence-electron chi connectivity index (χ2n) is 7.70. The van der Waals surface area contributed by atoms with E-state index in [1.54, 1.807) is 17.3 Å². The number of benzene rings is 1. The fourth-order valence-corrected chi connectivity index (χ4v) is 3.82. The van der Waals surface area contributed by atoms with Gasteiger partial charge in [0.05, 0.1) is 28.8 Å². The van der Waals surface area contributed by atoms with Crippen molar-refractivity contribution in [3.63, 3.8) is 0 Å². The van der Waals surface area contributed by atoms with Crippen LogP contribution in [0, 0.1) is 38.0 Å². The van der Waals surface area contributed by atoms with Crippen molar-refractivity contribution < 1.29 is 4.79 Å². The lowest BCUT2D eigenvalue weighted by atomic mass is 9.96. The van der Waals surface area contributed by atoms with Gasteiger partial charge in [0.25, 0.3) is 5.91 Å². The van der Waals surface area contributed by atoms with Gasteiger partial charge in [-0.1, -0.05) is 12.1 Å². The van der Waals surface area contributed by atoms with Crippen LogP contribution in [-0.2, 0) is 0 Å². The van der Waals surface area contributed by atoms with Crippen LogP contribution in [0.25, 0.3) is 22.2 Å². The Morgan fingerprint density at radius 1 is 1.21 bits per heavy atom. The highest BCUT2D eigenvalue weighted by atomic mass is 16.2. The van der Waals surface area contributed by atoms with E-state index in [9.17, 15) is 10.1 Å². The number of carbonyl (C=O) groups excluding carboxylic acids is 1. The number of hydrogen-bond donors (Lipinski definition) is 0. The van der Waals surface area contributed by atoms with Crippen LogP contribution in [0.15, 0.2) is 30.6 Å². The molecule has 0 bridgehead atoms. The molecule has 29 heavy (non-hydrogen) atoms. The quantitative estimate of drug-likeness (QED) is 0.666. The van der Waals surface area contributed by atoms with Crippen LogP contribution in [0.3, 0.4) is 0 Å². The summed E-state index contributed by atoms with van der Waals surface area (Å²) in [6.45, 7) is 7.06. The molecule has 3 aromatic rings. The molecule has 1 amide bonds. The minimum Gasteiger partial charge on any atom is -0.337 e. The lowest BCUT2D eigenvalue weighted by Crippen LogP contribution is -2.39. The Morgan fingerprint density at radius 3 is 2.69 bits per heavy atom. The van der Waals surface area contributed by atoms with Gasteiger partial charge in [-0.3, -0.25) is 4.79 Å². The van der Waals surface area contributed by atoms with E-state index in [-0.39, 0.29) is 11.8 Å². The fourth-order valence-electron chi connectivity index (χ4n) is 3.82. The van der Waals surface area contributed by atoms with Gasteiger partial charge in [-0.05, 0) is 50.8 Å². The molecule has 1 fully saturated rings. The average Bonchev–Trinajstić information content (AvgIpc) is 2.76. The maximum absolute atomic E-state index is 13.5. The molecule has 6 nitrogen and oxygen atoms in total. The molecule has 1 aliphatic heterocycles. The minimum atomic E-state index is -0.102. The van der Waals surface area contributed by atoms with E-state index in [1.165, 1.54) is 0 Å². The van der Waals surface area contributed by atoms with Crippen molar-refractivity contribution in [2.45, 2.75) is 33.6 Å². The SMILES string of the molecule is Cc1ncc(-c2cc(C(=O)N3CCCC(C#N)C3)c3ccc(C)c(C)c3n2)cn1. The predicted octanol–water partition coefficient (Wildman–Crippen LogP) is 3.99. The van der Waals surface area contributed by atoms with Crippen LogP contribution in [0.1, 0.15) is 40.2 Å². The second-order valence-corrected chi connectivity index (χ2v) is 7.70. The highest BCUT2D eigenvalue weighted by Crippen LogP contribution is 2.29. The highest BCUT2D eigenvalue weighted by molar-refractivity contribution is 6.08. The maximum Gasteiger partial charge on any atom is 0.254 e. The Hall–Kier alpha value is -3.33. The Bertz CT molecular complexity index is 1130. The monoisotopic (exact) mass is 385 g/mol. The summed E-state index contributed by atoms with van der Waals surface area (Å²) < 4.78 is 0. The third-order valence-electron chi connectivity index (χ3n) is 5.70. The number of piperidine rings is 1. The number of aromatic nitrogens is 3. The number of aryl methyl sites for hydroxylation is 3. The first-order chi connectivity index (χ1) is 14.0. The van der Waals surface area contributed by atoms with Gasteiger partial charge in [0.2, 0.25) is 0 Å². The summed E-state index contributed by atoms with van der Waals surface area (Å²) in [7, 11) is 0. The molecule has 0 saturated carbocycles. The van der Waals surface area contributed by atoms with Crippen LogP contribution in [0.2, 0.25) is 0 Å². The number of pyridine rings is 1. The zero-order valence-electron chi connectivity index (χ0n) is 16.9. The first kappa shape index (κ1) is 19.0. The smallest absolute Gasteiger partial charge is 0.254 e. The molecule has 0 spiro atoms. The van der Waals surface area contributed by atoms with Crippen molar-refractivity contribution >= 4 is 16.8 Å². The third-order valence-corrected chi connectivity index (χ3v) is 5.70. The highest BCUT2D eigenvalue weighted by Gasteiger charge is 2.26. The number of rotatable bonds is 2. The molecule has 0 aliphatic carbocycles. The van der Waals surface area contributed by atoms with Crippen molar-refractivity contribution in [3.05, 3.63) is 53.1 Å². The molecule has 4 rings (SSSR count). The molecule has 1 aromatic carbocycles. The van der Waals surface area contributed by atoms with Crippen molar-refractivity contribution in [1.82, 2.24) is 19.9 Å². The van der Waals surface area contributed by atoms with Gasteiger partial charge in [-0.25, -0.2) is 15.0 Å². The summed E-state index contributed by atoms with van der Waals surface area (Å²) in [6.07, 6.45) is 5.18. The van der Waals surface area contributed by atoms with E-state index < -0.39 is 0 Å². The molecule has 1 aliphatic rings. The molecule has 0 N–H and O–H groups in total. The van der Waals surface area contributed by atoms with E-state index in [0.717, 1.165) is 40.4 Å². The van der Waals surface area contributed by atoms with Crippen molar-refractivity contribution in [1.29, 1.82) is 5.26 Å². The lowest BCUT2D eigenvalue weighted by Gasteiger charge is -2.30.